The maximum Gasteiger partial charge on any atom is 0.405 e. The van der Waals surface area contributed by atoms with Crippen LogP contribution in [-0.4, -0.2) is 17.6 Å². The van der Waals surface area contributed by atoms with Crippen LogP contribution in [-0.2, 0) is 9.53 Å². The summed E-state index contributed by atoms with van der Waals surface area (Å²) in [4.78, 5) is 21.2. The molecule has 0 fully saturated rings. The Morgan fingerprint density at radius 3 is 1.97 bits per heavy atom. The lowest BCUT2D eigenvalue weighted by atomic mass is 10.1. The predicted octanol–water partition coefficient (Wildman–Crippen LogP) is 5.25. The number of hydrogen-bond acceptors (Lipinski definition) is 5. The van der Waals surface area contributed by atoms with Crippen molar-refractivity contribution in [1.29, 1.82) is 0 Å². The number of hydrogen-bond donors (Lipinski definition) is 3. The second kappa shape index (κ2) is 13.3. The van der Waals surface area contributed by atoms with Crippen molar-refractivity contribution in [2.75, 3.05) is 0 Å². The standard InChI is InChI=1S/C10H8ClNS.C6H13NO.C5H11NO2/c11-9-5-6-10(13-12)8-4-2-1-3-7(8)9;1-5(2)3-4-6(7)8;1-5(2,3)8-4(6)7/h1-6H,12H2;5H,3-4H2,1-2H3,(H2,7,8);1-3H3,(H2,6,7). The van der Waals surface area contributed by atoms with Crippen LogP contribution in [0.1, 0.15) is 47.5 Å². The van der Waals surface area contributed by atoms with Gasteiger partial charge in [-0.2, -0.15) is 0 Å². The smallest absolute Gasteiger partial charge is 0.405 e. The molecular formula is C21H32ClN3O3S. The second-order valence-electron chi connectivity index (χ2n) is 7.64. The Hall–Kier alpha value is -1.96. The van der Waals surface area contributed by atoms with E-state index >= 15 is 0 Å². The summed E-state index contributed by atoms with van der Waals surface area (Å²) in [6, 6.07) is 11.8. The zero-order valence-corrected chi connectivity index (χ0v) is 19.3. The summed E-state index contributed by atoms with van der Waals surface area (Å²) in [5.74, 6) is 0.390. The minimum absolute atomic E-state index is 0.196. The third kappa shape index (κ3) is 13.0. The summed E-state index contributed by atoms with van der Waals surface area (Å²) in [7, 11) is 0. The highest BCUT2D eigenvalue weighted by atomic mass is 35.5. The van der Waals surface area contributed by atoms with E-state index in [2.05, 4.69) is 18.6 Å². The number of fused-ring (bicyclic) bond motifs is 1. The highest BCUT2D eigenvalue weighted by Gasteiger charge is 2.12. The molecule has 0 aliphatic rings. The molecule has 0 aromatic heterocycles. The van der Waals surface area contributed by atoms with Crippen molar-refractivity contribution in [1.82, 2.24) is 0 Å². The minimum Gasteiger partial charge on any atom is -0.444 e. The van der Waals surface area contributed by atoms with Gasteiger partial charge < -0.3 is 16.2 Å². The molecule has 6 N–H and O–H groups in total. The van der Waals surface area contributed by atoms with Crippen molar-refractivity contribution in [3.05, 3.63) is 41.4 Å². The molecule has 0 aliphatic carbocycles. The average Bonchev–Trinajstić information content (AvgIpc) is 2.59. The van der Waals surface area contributed by atoms with Gasteiger partial charge in [0.1, 0.15) is 5.60 Å². The Morgan fingerprint density at radius 2 is 1.62 bits per heavy atom. The van der Waals surface area contributed by atoms with Crippen LogP contribution in [0.4, 0.5) is 4.79 Å². The van der Waals surface area contributed by atoms with Crippen LogP contribution < -0.4 is 16.6 Å². The number of amides is 2. The van der Waals surface area contributed by atoms with Crippen LogP contribution in [0.5, 0.6) is 0 Å². The third-order valence-corrected chi connectivity index (χ3v) is 4.27. The Morgan fingerprint density at radius 1 is 1.07 bits per heavy atom. The monoisotopic (exact) mass is 441 g/mol. The molecule has 162 valence electrons. The van der Waals surface area contributed by atoms with Crippen LogP contribution in [0.25, 0.3) is 10.8 Å². The van der Waals surface area contributed by atoms with Gasteiger partial charge in [0.15, 0.2) is 0 Å². The van der Waals surface area contributed by atoms with Gasteiger partial charge >= 0.3 is 6.09 Å². The topological polar surface area (TPSA) is 121 Å². The van der Waals surface area contributed by atoms with E-state index < -0.39 is 11.7 Å². The van der Waals surface area contributed by atoms with Crippen LogP contribution >= 0.6 is 23.5 Å². The van der Waals surface area contributed by atoms with Gasteiger partial charge in [0.25, 0.3) is 0 Å². The van der Waals surface area contributed by atoms with Crippen molar-refractivity contribution in [2.45, 2.75) is 58.0 Å². The number of halogens is 1. The number of carbonyl (C=O) groups excluding carboxylic acids is 2. The minimum atomic E-state index is -0.725. The number of ether oxygens (including phenoxy) is 1. The molecule has 0 radical (unpaired) electrons. The fourth-order valence-electron chi connectivity index (χ4n) is 2.07. The Labute approximate surface area is 182 Å². The van der Waals surface area contributed by atoms with E-state index in [9.17, 15) is 9.59 Å². The number of primary amides is 2. The summed E-state index contributed by atoms with van der Waals surface area (Å²) in [5.41, 5.74) is 9.17. The lowest BCUT2D eigenvalue weighted by molar-refractivity contribution is -0.118. The molecular weight excluding hydrogens is 410 g/mol. The van der Waals surface area contributed by atoms with E-state index in [0.29, 0.717) is 12.3 Å². The molecule has 0 saturated carbocycles. The molecule has 8 heteroatoms. The van der Waals surface area contributed by atoms with E-state index in [1.54, 1.807) is 20.8 Å². The molecule has 29 heavy (non-hydrogen) atoms. The molecule has 2 amide bonds. The van der Waals surface area contributed by atoms with Crippen molar-refractivity contribution in [3.8, 4) is 0 Å². The first-order chi connectivity index (χ1) is 13.4. The maximum atomic E-state index is 10.1. The van der Waals surface area contributed by atoms with E-state index in [0.717, 1.165) is 27.1 Å². The van der Waals surface area contributed by atoms with Crippen LogP contribution in [0.15, 0.2) is 41.3 Å². The van der Waals surface area contributed by atoms with E-state index in [1.807, 2.05) is 36.4 Å². The summed E-state index contributed by atoms with van der Waals surface area (Å²) in [6.07, 6.45) is 0.713. The van der Waals surface area contributed by atoms with Gasteiger partial charge in [-0.3, -0.25) is 9.93 Å². The lowest BCUT2D eigenvalue weighted by Gasteiger charge is -2.16. The zero-order chi connectivity index (χ0) is 22.6. The largest absolute Gasteiger partial charge is 0.444 e. The first kappa shape index (κ1) is 27.0. The lowest BCUT2D eigenvalue weighted by Crippen LogP contribution is -2.27. The molecule has 0 aliphatic heterocycles. The quantitative estimate of drug-likeness (QED) is 0.559. The molecule has 0 unspecified atom stereocenters. The Bertz CT molecular complexity index is 792. The highest BCUT2D eigenvalue weighted by Crippen LogP contribution is 2.30. The van der Waals surface area contributed by atoms with Gasteiger partial charge in [-0.05, 0) is 62.6 Å². The molecule has 0 saturated heterocycles. The van der Waals surface area contributed by atoms with Gasteiger partial charge in [-0.1, -0.05) is 49.7 Å². The van der Waals surface area contributed by atoms with E-state index in [-0.39, 0.29) is 5.91 Å². The first-order valence-electron chi connectivity index (χ1n) is 9.18. The molecule has 2 rings (SSSR count). The summed E-state index contributed by atoms with van der Waals surface area (Å²) < 4.78 is 4.58. The van der Waals surface area contributed by atoms with Crippen molar-refractivity contribution in [3.63, 3.8) is 0 Å². The number of nitrogens with two attached hydrogens (primary N) is 3. The number of benzene rings is 2. The van der Waals surface area contributed by atoms with Gasteiger partial charge in [0.05, 0.1) is 0 Å². The molecule has 2 aromatic carbocycles. The SMILES string of the molecule is CC(C)(C)OC(N)=O.CC(C)CCC(N)=O.NSc1ccc(Cl)c2ccccc12. The van der Waals surface area contributed by atoms with Gasteiger partial charge in [-0.15, -0.1) is 0 Å². The highest BCUT2D eigenvalue weighted by molar-refractivity contribution is 7.97. The number of rotatable bonds is 4. The normalized spacial score (nSPS) is 10.5. The van der Waals surface area contributed by atoms with Crippen LogP contribution in [0.2, 0.25) is 5.02 Å². The fraction of sp³-hybridized carbons (Fsp3) is 0.429. The molecule has 0 bridgehead atoms. The van der Waals surface area contributed by atoms with Gasteiger partial charge in [-0.25, -0.2) is 4.79 Å². The van der Waals surface area contributed by atoms with Gasteiger partial charge in [0, 0.05) is 21.7 Å². The van der Waals surface area contributed by atoms with Crippen molar-refractivity contribution in [2.24, 2.45) is 22.5 Å². The molecule has 0 heterocycles. The van der Waals surface area contributed by atoms with E-state index in [1.165, 1.54) is 11.9 Å². The third-order valence-electron chi connectivity index (χ3n) is 3.33. The van der Waals surface area contributed by atoms with E-state index in [4.69, 9.17) is 28.2 Å². The molecule has 6 nitrogen and oxygen atoms in total. The van der Waals surface area contributed by atoms with Crippen molar-refractivity contribution < 1.29 is 14.3 Å². The van der Waals surface area contributed by atoms with Crippen LogP contribution in [0, 0.1) is 5.92 Å². The summed E-state index contributed by atoms with van der Waals surface area (Å²) in [6.45, 7) is 9.43. The molecule has 2 aromatic rings. The average molecular weight is 442 g/mol. The summed E-state index contributed by atoms with van der Waals surface area (Å²) >= 11 is 7.28. The number of carbonyl (C=O) groups is 2. The Balaban J connectivity index is 0.000000432. The van der Waals surface area contributed by atoms with Gasteiger partial charge in [0.2, 0.25) is 5.91 Å². The fourth-order valence-corrected chi connectivity index (χ4v) is 2.75. The predicted molar refractivity (Wildman–Crippen MR) is 123 cm³/mol. The summed E-state index contributed by atoms with van der Waals surface area (Å²) in [5, 5.41) is 8.48. The zero-order valence-electron chi connectivity index (χ0n) is 17.7. The maximum absolute atomic E-state index is 10.1. The Kier molecular flexibility index (Phi) is 12.4. The second-order valence-corrected chi connectivity index (χ2v) is 8.72. The molecule has 0 atom stereocenters. The van der Waals surface area contributed by atoms with Crippen LogP contribution in [0.3, 0.4) is 0 Å². The molecule has 0 spiro atoms. The first-order valence-corrected chi connectivity index (χ1v) is 10.4. The van der Waals surface area contributed by atoms with Crippen molar-refractivity contribution >= 4 is 46.3 Å².